The Morgan fingerprint density at radius 3 is 2.67 bits per heavy atom. The van der Waals surface area contributed by atoms with Crippen molar-refractivity contribution in [2.24, 2.45) is 11.7 Å². The summed E-state index contributed by atoms with van der Waals surface area (Å²) in [4.78, 5) is 2.59. The predicted octanol–water partition coefficient (Wildman–Crippen LogP) is 2.85. The van der Waals surface area contributed by atoms with E-state index in [1.54, 1.807) is 0 Å². The van der Waals surface area contributed by atoms with Gasteiger partial charge in [0.05, 0.1) is 0 Å². The number of rotatable bonds is 4. The van der Waals surface area contributed by atoms with Crippen LogP contribution in [0.15, 0.2) is 30.3 Å². The monoisotopic (exact) mass is 246 g/mol. The largest absolute Gasteiger partial charge is 0.328 e. The highest BCUT2D eigenvalue weighted by molar-refractivity contribution is 5.19. The summed E-state index contributed by atoms with van der Waals surface area (Å²) in [5.74, 6) is 1.29. The molecule has 3 unspecified atom stereocenters. The molecule has 1 aliphatic heterocycles. The molecule has 3 atom stereocenters. The Labute approximate surface area is 111 Å². The van der Waals surface area contributed by atoms with E-state index in [2.05, 4.69) is 49.1 Å². The van der Waals surface area contributed by atoms with Gasteiger partial charge in [0.2, 0.25) is 0 Å². The van der Waals surface area contributed by atoms with Gasteiger partial charge in [-0.15, -0.1) is 0 Å². The molecule has 2 nitrogen and oxygen atoms in total. The van der Waals surface area contributed by atoms with Crippen LogP contribution in [0.1, 0.15) is 38.2 Å². The summed E-state index contributed by atoms with van der Waals surface area (Å²) in [6.45, 7) is 8.04. The summed E-state index contributed by atoms with van der Waals surface area (Å²) in [7, 11) is 0. The Morgan fingerprint density at radius 2 is 2.00 bits per heavy atom. The SMILES string of the molecule is CC(CN1CCCC(C(C)N)C1)c1ccccc1. The summed E-state index contributed by atoms with van der Waals surface area (Å²) in [5.41, 5.74) is 7.49. The van der Waals surface area contributed by atoms with Crippen molar-refractivity contribution >= 4 is 0 Å². The average Bonchev–Trinajstić information content (AvgIpc) is 2.40. The Kier molecular flexibility index (Phi) is 4.79. The molecule has 0 amide bonds. The third-order valence-corrected chi connectivity index (χ3v) is 4.19. The smallest absolute Gasteiger partial charge is 0.00509 e. The van der Waals surface area contributed by atoms with Crippen molar-refractivity contribution in [2.45, 2.75) is 38.6 Å². The molecule has 2 heteroatoms. The van der Waals surface area contributed by atoms with E-state index in [9.17, 15) is 0 Å². The zero-order valence-electron chi connectivity index (χ0n) is 11.7. The van der Waals surface area contributed by atoms with Crippen molar-refractivity contribution in [2.75, 3.05) is 19.6 Å². The van der Waals surface area contributed by atoms with Crippen LogP contribution < -0.4 is 5.73 Å². The first kappa shape index (κ1) is 13.6. The van der Waals surface area contributed by atoms with Crippen LogP contribution in [-0.4, -0.2) is 30.6 Å². The molecule has 100 valence electrons. The van der Waals surface area contributed by atoms with Crippen molar-refractivity contribution < 1.29 is 0 Å². The second kappa shape index (κ2) is 6.35. The van der Waals surface area contributed by atoms with E-state index in [0.29, 0.717) is 17.9 Å². The average molecular weight is 246 g/mol. The standard InChI is InChI=1S/C16H26N2/c1-13(15-7-4-3-5-8-15)11-18-10-6-9-16(12-18)14(2)17/h3-5,7-8,13-14,16H,6,9-12,17H2,1-2H3. The molecule has 1 heterocycles. The molecule has 1 fully saturated rings. The van der Waals surface area contributed by atoms with Gasteiger partial charge in [-0.05, 0) is 43.7 Å². The van der Waals surface area contributed by atoms with Gasteiger partial charge in [-0.1, -0.05) is 37.3 Å². The molecule has 0 spiro atoms. The van der Waals surface area contributed by atoms with Crippen molar-refractivity contribution in [3.63, 3.8) is 0 Å². The summed E-state index contributed by atoms with van der Waals surface area (Å²) in [6.07, 6.45) is 2.60. The molecule has 18 heavy (non-hydrogen) atoms. The highest BCUT2D eigenvalue weighted by Crippen LogP contribution is 2.22. The van der Waals surface area contributed by atoms with Gasteiger partial charge in [-0.3, -0.25) is 0 Å². The zero-order chi connectivity index (χ0) is 13.0. The number of likely N-dealkylation sites (tertiary alicyclic amines) is 1. The van der Waals surface area contributed by atoms with E-state index >= 15 is 0 Å². The first-order valence-corrected chi connectivity index (χ1v) is 7.19. The van der Waals surface area contributed by atoms with Gasteiger partial charge < -0.3 is 10.6 Å². The highest BCUT2D eigenvalue weighted by Gasteiger charge is 2.23. The second-order valence-electron chi connectivity index (χ2n) is 5.83. The maximum Gasteiger partial charge on any atom is 0.00509 e. The number of hydrogen-bond acceptors (Lipinski definition) is 2. The van der Waals surface area contributed by atoms with E-state index in [-0.39, 0.29) is 0 Å². The normalized spacial score (nSPS) is 24.7. The topological polar surface area (TPSA) is 29.3 Å². The Balaban J connectivity index is 1.89. The quantitative estimate of drug-likeness (QED) is 0.885. The molecule has 0 saturated carbocycles. The summed E-state index contributed by atoms with van der Waals surface area (Å²) in [6, 6.07) is 11.2. The lowest BCUT2D eigenvalue weighted by molar-refractivity contribution is 0.155. The molecule has 2 N–H and O–H groups in total. The van der Waals surface area contributed by atoms with Crippen molar-refractivity contribution in [3.05, 3.63) is 35.9 Å². The fourth-order valence-electron chi connectivity index (χ4n) is 2.96. The minimum atomic E-state index is 0.333. The van der Waals surface area contributed by atoms with E-state index in [1.807, 2.05) is 0 Å². The Morgan fingerprint density at radius 1 is 1.28 bits per heavy atom. The molecular weight excluding hydrogens is 220 g/mol. The lowest BCUT2D eigenvalue weighted by Gasteiger charge is -2.36. The van der Waals surface area contributed by atoms with Gasteiger partial charge in [0.25, 0.3) is 0 Å². The van der Waals surface area contributed by atoms with Gasteiger partial charge in [0, 0.05) is 19.1 Å². The lowest BCUT2D eigenvalue weighted by Crippen LogP contribution is -2.43. The first-order valence-electron chi connectivity index (χ1n) is 7.19. The third-order valence-electron chi connectivity index (χ3n) is 4.19. The highest BCUT2D eigenvalue weighted by atomic mass is 15.1. The Bertz CT molecular complexity index is 347. The second-order valence-corrected chi connectivity index (χ2v) is 5.83. The predicted molar refractivity (Wildman–Crippen MR) is 77.7 cm³/mol. The fourth-order valence-corrected chi connectivity index (χ4v) is 2.96. The van der Waals surface area contributed by atoms with Crippen LogP contribution in [-0.2, 0) is 0 Å². The molecule has 2 rings (SSSR count). The summed E-state index contributed by atoms with van der Waals surface area (Å²) >= 11 is 0. The van der Waals surface area contributed by atoms with Crippen LogP contribution in [0.3, 0.4) is 0 Å². The van der Waals surface area contributed by atoms with Crippen LogP contribution in [0.2, 0.25) is 0 Å². The van der Waals surface area contributed by atoms with E-state index < -0.39 is 0 Å². The molecule has 1 aliphatic rings. The van der Waals surface area contributed by atoms with Gasteiger partial charge in [0.15, 0.2) is 0 Å². The van der Waals surface area contributed by atoms with Crippen LogP contribution in [0, 0.1) is 5.92 Å². The van der Waals surface area contributed by atoms with E-state index in [4.69, 9.17) is 5.73 Å². The maximum absolute atomic E-state index is 6.04. The number of nitrogens with two attached hydrogens (primary N) is 1. The number of piperidine rings is 1. The zero-order valence-corrected chi connectivity index (χ0v) is 11.7. The molecular formula is C16H26N2. The molecule has 0 bridgehead atoms. The van der Waals surface area contributed by atoms with Crippen LogP contribution >= 0.6 is 0 Å². The van der Waals surface area contributed by atoms with Gasteiger partial charge in [0.1, 0.15) is 0 Å². The first-order chi connectivity index (χ1) is 8.66. The van der Waals surface area contributed by atoms with Gasteiger partial charge in [-0.2, -0.15) is 0 Å². The minimum absolute atomic E-state index is 0.333. The number of nitrogens with zero attached hydrogens (tertiary/aromatic N) is 1. The van der Waals surface area contributed by atoms with Crippen LogP contribution in [0.5, 0.6) is 0 Å². The number of hydrogen-bond donors (Lipinski definition) is 1. The van der Waals surface area contributed by atoms with Crippen molar-refractivity contribution in [1.82, 2.24) is 4.90 Å². The summed E-state index contributed by atoms with van der Waals surface area (Å²) < 4.78 is 0. The molecule has 0 aliphatic carbocycles. The van der Waals surface area contributed by atoms with Crippen molar-refractivity contribution in [3.8, 4) is 0 Å². The van der Waals surface area contributed by atoms with Gasteiger partial charge >= 0.3 is 0 Å². The van der Waals surface area contributed by atoms with E-state index in [1.165, 1.54) is 31.5 Å². The van der Waals surface area contributed by atoms with E-state index in [0.717, 1.165) is 6.54 Å². The molecule has 1 saturated heterocycles. The molecule has 1 aromatic carbocycles. The minimum Gasteiger partial charge on any atom is -0.328 e. The summed E-state index contributed by atoms with van der Waals surface area (Å²) in [5, 5.41) is 0. The lowest BCUT2D eigenvalue weighted by atomic mass is 9.91. The molecule has 0 radical (unpaired) electrons. The van der Waals surface area contributed by atoms with Crippen LogP contribution in [0.25, 0.3) is 0 Å². The fraction of sp³-hybridized carbons (Fsp3) is 0.625. The Hall–Kier alpha value is -0.860. The third kappa shape index (κ3) is 3.56. The van der Waals surface area contributed by atoms with Crippen LogP contribution in [0.4, 0.5) is 0 Å². The maximum atomic E-state index is 6.04. The van der Waals surface area contributed by atoms with Crippen molar-refractivity contribution in [1.29, 1.82) is 0 Å². The molecule has 0 aromatic heterocycles. The van der Waals surface area contributed by atoms with Gasteiger partial charge in [-0.25, -0.2) is 0 Å². The molecule has 1 aromatic rings. The number of benzene rings is 1.